The summed E-state index contributed by atoms with van der Waals surface area (Å²) in [5.74, 6) is 3.09. The summed E-state index contributed by atoms with van der Waals surface area (Å²) in [4.78, 5) is 0. The predicted octanol–water partition coefficient (Wildman–Crippen LogP) is 8.30. The van der Waals surface area contributed by atoms with E-state index in [4.69, 9.17) is 18.9 Å². The van der Waals surface area contributed by atoms with Crippen molar-refractivity contribution in [2.45, 2.75) is 45.2 Å². The lowest BCUT2D eigenvalue weighted by Gasteiger charge is -2.34. The molecule has 0 bridgehead atoms. The van der Waals surface area contributed by atoms with Gasteiger partial charge < -0.3 is 18.9 Å². The Kier molecular flexibility index (Phi) is 9.53. The van der Waals surface area contributed by atoms with E-state index in [0.29, 0.717) is 25.7 Å². The van der Waals surface area contributed by atoms with Gasteiger partial charge in [-0.3, -0.25) is 0 Å². The second-order valence-corrected chi connectivity index (χ2v) is 11.5. The largest absolute Gasteiger partial charge is 0.489 e. The number of benzene rings is 4. The first-order chi connectivity index (χ1) is 19.2. The van der Waals surface area contributed by atoms with Crippen LogP contribution in [0.3, 0.4) is 0 Å². The summed E-state index contributed by atoms with van der Waals surface area (Å²) in [5, 5.41) is 0. The average molecular weight is 541 g/mol. The van der Waals surface area contributed by atoms with Gasteiger partial charge in [0.1, 0.15) is 36.6 Å². The number of hydrogen-bond donors (Lipinski definition) is 0. The molecule has 0 saturated carbocycles. The molecule has 4 aromatic carbocycles. The van der Waals surface area contributed by atoms with Crippen molar-refractivity contribution in [3.63, 3.8) is 0 Å². The summed E-state index contributed by atoms with van der Waals surface area (Å²) in [7, 11) is 2.64. The van der Waals surface area contributed by atoms with Gasteiger partial charge in [0.25, 0.3) is 0 Å². The Morgan fingerprint density at radius 1 is 0.769 bits per heavy atom. The fraction of sp³-hybridized carbons (Fsp3) is 0.294. The number of rotatable bonds is 12. The second kappa shape index (κ2) is 13.6. The Morgan fingerprint density at radius 2 is 1.41 bits per heavy atom. The predicted molar refractivity (Wildman–Crippen MR) is 160 cm³/mol. The zero-order valence-electron chi connectivity index (χ0n) is 22.8. The topological polar surface area (TPSA) is 36.9 Å². The van der Waals surface area contributed by atoms with Gasteiger partial charge in [0, 0.05) is 18.2 Å². The number of methoxy groups -OCH3 is 1. The van der Waals surface area contributed by atoms with Crippen molar-refractivity contribution in [2.24, 2.45) is 0 Å². The molecule has 0 amide bonds. The number of ether oxygens (including phenoxy) is 4. The second-order valence-electron chi connectivity index (χ2n) is 9.90. The molecule has 0 saturated heterocycles. The van der Waals surface area contributed by atoms with E-state index in [1.165, 1.54) is 17.3 Å². The van der Waals surface area contributed by atoms with Gasteiger partial charge in [-0.15, -0.1) is 8.58 Å². The standard InChI is InChI=1S/C34H37O4P/c1-3-39-24-29-19-33(27-14-16-30(17-15-27)36-21-25-10-6-4-7-11-25)38-34-28(23-35-2)18-31(20-32(29)34)37-22-26-12-8-5-9-13-26/h4-18,20,29,33,39H,3,19,21-24H2,1-2H3. The molecule has 5 rings (SSSR count). The smallest absolute Gasteiger partial charge is 0.129 e. The van der Waals surface area contributed by atoms with Crippen molar-refractivity contribution in [3.05, 3.63) is 125 Å². The minimum atomic E-state index is -0.0148. The van der Waals surface area contributed by atoms with Crippen LogP contribution in [0.5, 0.6) is 17.2 Å². The first kappa shape index (κ1) is 27.2. The maximum absolute atomic E-state index is 6.73. The number of fused-ring (bicyclic) bond motifs is 1. The van der Waals surface area contributed by atoms with E-state index in [-0.39, 0.29) is 6.10 Å². The Bertz CT molecular complexity index is 1310. The zero-order valence-corrected chi connectivity index (χ0v) is 23.8. The highest BCUT2D eigenvalue weighted by Crippen LogP contribution is 2.47. The van der Waals surface area contributed by atoms with Crippen LogP contribution in [0.25, 0.3) is 0 Å². The van der Waals surface area contributed by atoms with Gasteiger partial charge in [-0.25, -0.2) is 0 Å². The van der Waals surface area contributed by atoms with Crippen molar-refractivity contribution < 1.29 is 18.9 Å². The molecule has 3 unspecified atom stereocenters. The van der Waals surface area contributed by atoms with Gasteiger partial charge in [0.15, 0.2) is 0 Å². The van der Waals surface area contributed by atoms with Gasteiger partial charge in [0.05, 0.1) is 6.61 Å². The van der Waals surface area contributed by atoms with Crippen LogP contribution in [-0.4, -0.2) is 19.4 Å². The zero-order chi connectivity index (χ0) is 26.9. The van der Waals surface area contributed by atoms with Crippen molar-refractivity contribution in [2.75, 3.05) is 19.4 Å². The highest BCUT2D eigenvalue weighted by Gasteiger charge is 2.31. The van der Waals surface area contributed by atoms with E-state index in [0.717, 1.165) is 55.1 Å². The minimum absolute atomic E-state index is 0.0148. The SMILES string of the molecule is CCPCC1CC(c2ccc(OCc3ccccc3)cc2)Oc2c(COC)cc(OCc3ccccc3)cc21. The van der Waals surface area contributed by atoms with Crippen molar-refractivity contribution in [1.29, 1.82) is 0 Å². The lowest BCUT2D eigenvalue weighted by molar-refractivity contribution is 0.145. The average Bonchev–Trinajstić information content (AvgIpc) is 2.99. The van der Waals surface area contributed by atoms with Gasteiger partial charge >= 0.3 is 0 Å². The van der Waals surface area contributed by atoms with Gasteiger partial charge in [-0.1, -0.05) is 79.7 Å². The van der Waals surface area contributed by atoms with Crippen LogP contribution in [0.2, 0.25) is 0 Å². The van der Waals surface area contributed by atoms with Crippen LogP contribution in [-0.2, 0) is 24.6 Å². The molecule has 0 radical (unpaired) electrons. The van der Waals surface area contributed by atoms with E-state index < -0.39 is 0 Å². The first-order valence-corrected chi connectivity index (χ1v) is 15.1. The Morgan fingerprint density at radius 3 is 2.03 bits per heavy atom. The van der Waals surface area contributed by atoms with Crippen LogP contribution in [0.1, 0.15) is 53.2 Å². The van der Waals surface area contributed by atoms with Crippen LogP contribution in [0.4, 0.5) is 0 Å². The third-order valence-corrected chi connectivity index (χ3v) is 8.34. The summed E-state index contributed by atoms with van der Waals surface area (Å²) >= 11 is 0. The van der Waals surface area contributed by atoms with Crippen LogP contribution in [0.15, 0.2) is 97.1 Å². The third kappa shape index (κ3) is 7.20. The molecule has 4 nitrogen and oxygen atoms in total. The molecular weight excluding hydrogens is 503 g/mol. The third-order valence-electron chi connectivity index (χ3n) is 7.06. The molecule has 202 valence electrons. The first-order valence-electron chi connectivity index (χ1n) is 13.7. The lowest BCUT2D eigenvalue weighted by atomic mass is 9.87. The minimum Gasteiger partial charge on any atom is -0.489 e. The maximum Gasteiger partial charge on any atom is 0.129 e. The molecule has 1 heterocycles. The molecule has 5 heteroatoms. The molecule has 0 N–H and O–H groups in total. The fourth-order valence-corrected chi connectivity index (χ4v) is 6.05. The quantitative estimate of drug-likeness (QED) is 0.169. The Balaban J connectivity index is 1.36. The molecule has 4 aromatic rings. The van der Waals surface area contributed by atoms with Crippen LogP contribution >= 0.6 is 8.58 Å². The highest BCUT2D eigenvalue weighted by atomic mass is 31.1. The van der Waals surface area contributed by atoms with Crippen LogP contribution in [0, 0.1) is 0 Å². The van der Waals surface area contributed by atoms with E-state index in [2.05, 4.69) is 67.6 Å². The molecule has 3 atom stereocenters. The van der Waals surface area contributed by atoms with Crippen molar-refractivity contribution in [1.82, 2.24) is 0 Å². The van der Waals surface area contributed by atoms with E-state index >= 15 is 0 Å². The Labute approximate surface area is 234 Å². The van der Waals surface area contributed by atoms with Crippen molar-refractivity contribution >= 4 is 8.58 Å². The van der Waals surface area contributed by atoms with Gasteiger partial charge in [0.2, 0.25) is 0 Å². The van der Waals surface area contributed by atoms with Crippen LogP contribution < -0.4 is 14.2 Å². The molecule has 1 aliphatic rings. The number of hydrogen-bond acceptors (Lipinski definition) is 4. The molecule has 0 spiro atoms. The lowest BCUT2D eigenvalue weighted by Crippen LogP contribution is -2.22. The summed E-state index contributed by atoms with van der Waals surface area (Å²) in [6, 6.07) is 33.2. The molecule has 39 heavy (non-hydrogen) atoms. The molecule has 0 fully saturated rings. The molecule has 1 aliphatic heterocycles. The Hall–Kier alpha value is -3.33. The molecule has 0 aliphatic carbocycles. The normalized spacial score (nSPS) is 16.6. The maximum atomic E-state index is 6.73. The van der Waals surface area contributed by atoms with Gasteiger partial charge in [-0.2, -0.15) is 0 Å². The highest BCUT2D eigenvalue weighted by molar-refractivity contribution is 7.37. The summed E-state index contributed by atoms with van der Waals surface area (Å²) in [6.07, 6.45) is 3.27. The van der Waals surface area contributed by atoms with E-state index in [9.17, 15) is 0 Å². The van der Waals surface area contributed by atoms with Gasteiger partial charge in [-0.05, 0) is 65.6 Å². The summed E-state index contributed by atoms with van der Waals surface area (Å²) in [6.45, 7) is 3.84. The van der Waals surface area contributed by atoms with E-state index in [1.54, 1.807) is 7.11 Å². The van der Waals surface area contributed by atoms with E-state index in [1.807, 2.05) is 36.4 Å². The fourth-order valence-electron chi connectivity index (χ4n) is 5.03. The molecular formula is C34H37O4P. The molecule has 0 aromatic heterocycles. The summed E-state index contributed by atoms with van der Waals surface area (Å²) in [5.41, 5.74) is 5.76. The summed E-state index contributed by atoms with van der Waals surface area (Å²) < 4.78 is 24.6. The monoisotopic (exact) mass is 540 g/mol. The van der Waals surface area contributed by atoms with Crippen molar-refractivity contribution in [3.8, 4) is 17.2 Å².